The molecule has 45 heavy (non-hydrogen) atoms. The lowest BCUT2D eigenvalue weighted by molar-refractivity contribution is 0.367. The normalized spacial score (nSPS) is 10.7. The van der Waals surface area contributed by atoms with Gasteiger partial charge in [-0.2, -0.15) is 9.47 Å². The molecule has 0 unspecified atom stereocenters. The van der Waals surface area contributed by atoms with Crippen molar-refractivity contribution in [3.63, 3.8) is 0 Å². The smallest absolute Gasteiger partial charge is 0.142 e. The Morgan fingerprint density at radius 2 is 1.42 bits per heavy atom. The van der Waals surface area contributed by atoms with Crippen molar-refractivity contribution in [2.75, 3.05) is 0 Å². The van der Waals surface area contributed by atoms with Gasteiger partial charge in [-0.1, -0.05) is 79.6 Å². The fraction of sp³-hybridized carbons (Fsp3) is 0.571. The summed E-state index contributed by atoms with van der Waals surface area (Å²) in [6.07, 6.45) is 7.22. The van der Waals surface area contributed by atoms with E-state index in [0.29, 0.717) is 29.6 Å². The molecule has 0 bridgehead atoms. The Labute approximate surface area is 275 Å². The Morgan fingerprint density at radius 1 is 0.756 bits per heavy atom. The molecule has 9 nitrogen and oxygen atoms in total. The molecule has 5 aromatic rings. The highest BCUT2D eigenvalue weighted by molar-refractivity contribution is 7.05. The van der Waals surface area contributed by atoms with Crippen LogP contribution in [0.15, 0.2) is 52.1 Å². The van der Waals surface area contributed by atoms with Crippen molar-refractivity contribution < 1.29 is 9.05 Å². The average Bonchev–Trinajstić information content (AvgIpc) is 3.79. The Bertz CT molecular complexity index is 1410. The van der Waals surface area contributed by atoms with Crippen molar-refractivity contribution in [1.82, 2.24) is 34.0 Å². The van der Waals surface area contributed by atoms with E-state index in [1.54, 1.807) is 17.8 Å². The molecule has 250 valence electrons. The van der Waals surface area contributed by atoms with Crippen LogP contribution in [0.1, 0.15) is 144 Å². The summed E-state index contributed by atoms with van der Waals surface area (Å²) in [6, 6.07) is 6.07. The fourth-order valence-electron chi connectivity index (χ4n) is 4.03. The van der Waals surface area contributed by atoms with E-state index in [1.807, 2.05) is 74.8 Å². The highest BCUT2D eigenvalue weighted by Crippen LogP contribution is 2.20. The van der Waals surface area contributed by atoms with Gasteiger partial charge in [0.1, 0.15) is 17.8 Å². The van der Waals surface area contributed by atoms with Gasteiger partial charge < -0.3 is 13.6 Å². The molecule has 0 aliphatic heterocycles. The summed E-state index contributed by atoms with van der Waals surface area (Å²) >= 11 is 1.61. The van der Waals surface area contributed by atoms with E-state index in [4.69, 9.17) is 4.52 Å². The molecule has 5 heterocycles. The summed E-state index contributed by atoms with van der Waals surface area (Å²) in [5.41, 5.74) is 5.64. The fourth-order valence-corrected chi connectivity index (χ4v) is 4.77. The van der Waals surface area contributed by atoms with E-state index in [-0.39, 0.29) is 0 Å². The molecule has 0 saturated heterocycles. The Morgan fingerprint density at radius 3 is 1.64 bits per heavy atom. The summed E-state index contributed by atoms with van der Waals surface area (Å²) in [5, 5.41) is 11.7. The van der Waals surface area contributed by atoms with Crippen molar-refractivity contribution in [3.05, 3.63) is 87.9 Å². The summed E-state index contributed by atoms with van der Waals surface area (Å²) in [6.45, 7) is 27.4. The molecule has 0 radical (unpaired) electrons. The van der Waals surface area contributed by atoms with Gasteiger partial charge in [-0.3, -0.25) is 4.68 Å². The van der Waals surface area contributed by atoms with Crippen LogP contribution in [0, 0.1) is 20.8 Å². The second-order valence-corrected chi connectivity index (χ2v) is 13.4. The zero-order valence-electron chi connectivity index (χ0n) is 30.3. The van der Waals surface area contributed by atoms with Crippen molar-refractivity contribution in [2.24, 2.45) is 14.1 Å². The van der Waals surface area contributed by atoms with Crippen LogP contribution >= 0.6 is 11.5 Å². The van der Waals surface area contributed by atoms with Gasteiger partial charge in [0.05, 0.1) is 17.1 Å². The molecular formula is C35H57N7O2S. The SMILES string of the molecule is CC(C)c1ccnn1C.CC(C)c1ccon1.CC(C)c1nccn1C.Cc1cc(C(C)C)sn1.Cc1noc(C(C)C)c1C. The Kier molecular flexibility index (Phi) is 17.4. The Balaban J connectivity index is 0.000000282. The number of nitrogens with zero attached hydrogens (tertiary/aromatic N) is 7. The van der Waals surface area contributed by atoms with E-state index in [1.165, 1.54) is 16.1 Å². The van der Waals surface area contributed by atoms with Crippen molar-refractivity contribution in [1.29, 1.82) is 0 Å². The van der Waals surface area contributed by atoms with E-state index in [2.05, 4.69) is 105 Å². The molecule has 5 rings (SSSR count). The van der Waals surface area contributed by atoms with Crippen LogP contribution in [0.25, 0.3) is 0 Å². The van der Waals surface area contributed by atoms with Gasteiger partial charge in [0.2, 0.25) is 0 Å². The van der Waals surface area contributed by atoms with Crippen LogP contribution < -0.4 is 0 Å². The number of aryl methyl sites for hydroxylation is 4. The minimum absolute atomic E-state index is 0.446. The van der Waals surface area contributed by atoms with Gasteiger partial charge >= 0.3 is 0 Å². The van der Waals surface area contributed by atoms with Crippen molar-refractivity contribution >= 4 is 11.5 Å². The molecule has 0 amide bonds. The van der Waals surface area contributed by atoms with Crippen LogP contribution in [0.5, 0.6) is 0 Å². The van der Waals surface area contributed by atoms with E-state index in [9.17, 15) is 0 Å². The van der Waals surface area contributed by atoms with Crippen molar-refractivity contribution in [2.45, 2.75) is 120 Å². The maximum absolute atomic E-state index is 5.11. The molecule has 0 aliphatic rings. The maximum atomic E-state index is 5.11. The number of rotatable bonds is 5. The van der Waals surface area contributed by atoms with Gasteiger partial charge in [-0.25, -0.2) is 4.98 Å². The topological polar surface area (TPSA) is 101 Å². The predicted molar refractivity (Wildman–Crippen MR) is 186 cm³/mol. The van der Waals surface area contributed by atoms with Gasteiger partial charge in [0.25, 0.3) is 0 Å². The highest BCUT2D eigenvalue weighted by atomic mass is 32.1. The quantitative estimate of drug-likeness (QED) is 0.189. The number of hydrogen-bond donors (Lipinski definition) is 0. The first-order valence-electron chi connectivity index (χ1n) is 15.8. The molecular weight excluding hydrogens is 582 g/mol. The van der Waals surface area contributed by atoms with E-state index in [0.717, 1.165) is 28.7 Å². The van der Waals surface area contributed by atoms with Crippen LogP contribution in [-0.2, 0) is 14.1 Å². The lowest BCUT2D eigenvalue weighted by atomic mass is 10.1. The molecule has 10 heteroatoms. The Hall–Kier alpha value is -3.53. The zero-order chi connectivity index (χ0) is 34.3. The maximum Gasteiger partial charge on any atom is 0.142 e. The predicted octanol–water partition coefficient (Wildman–Crippen LogP) is 9.87. The second-order valence-electron chi connectivity index (χ2n) is 12.6. The monoisotopic (exact) mass is 639 g/mol. The van der Waals surface area contributed by atoms with Gasteiger partial charge in [-0.05, 0) is 62.2 Å². The van der Waals surface area contributed by atoms with Crippen LogP contribution in [0.2, 0.25) is 0 Å². The third kappa shape index (κ3) is 14.0. The number of imidazole rings is 1. The molecule has 0 N–H and O–H groups in total. The summed E-state index contributed by atoms with van der Waals surface area (Å²) in [7, 11) is 3.98. The second kappa shape index (κ2) is 19.8. The lowest BCUT2D eigenvalue weighted by Gasteiger charge is -2.02. The molecule has 0 atom stereocenters. The van der Waals surface area contributed by atoms with Crippen molar-refractivity contribution in [3.8, 4) is 0 Å². The molecule has 0 saturated carbocycles. The average molecular weight is 640 g/mol. The first kappa shape index (κ1) is 39.5. The minimum atomic E-state index is 0.446. The van der Waals surface area contributed by atoms with Gasteiger partial charge in [0, 0.05) is 66.7 Å². The summed E-state index contributed by atoms with van der Waals surface area (Å²) < 4.78 is 17.9. The minimum Gasteiger partial charge on any atom is -0.365 e. The molecule has 0 aliphatic carbocycles. The van der Waals surface area contributed by atoms with Crippen LogP contribution in [0.4, 0.5) is 0 Å². The lowest BCUT2D eigenvalue weighted by Crippen LogP contribution is -1.98. The van der Waals surface area contributed by atoms with Crippen LogP contribution in [-0.4, -0.2) is 34.0 Å². The molecule has 0 fully saturated rings. The van der Waals surface area contributed by atoms with E-state index >= 15 is 0 Å². The molecule has 0 aromatic carbocycles. The largest absolute Gasteiger partial charge is 0.365 e. The van der Waals surface area contributed by atoms with Crippen LogP contribution in [0.3, 0.4) is 0 Å². The van der Waals surface area contributed by atoms with Gasteiger partial charge in [-0.15, -0.1) is 0 Å². The first-order valence-corrected chi connectivity index (χ1v) is 16.5. The number of hydrogen-bond acceptors (Lipinski definition) is 8. The first-order chi connectivity index (χ1) is 21.1. The zero-order valence-corrected chi connectivity index (χ0v) is 31.1. The number of aromatic nitrogens is 7. The molecule has 5 aromatic heterocycles. The molecule has 0 spiro atoms. The van der Waals surface area contributed by atoms with E-state index < -0.39 is 0 Å². The third-order valence-corrected chi connectivity index (χ3v) is 7.99. The van der Waals surface area contributed by atoms with Gasteiger partial charge in [0.15, 0.2) is 0 Å². The third-order valence-electron chi connectivity index (χ3n) is 6.81. The highest BCUT2D eigenvalue weighted by Gasteiger charge is 2.10. The standard InChI is InChI=1S/C8H13NO.2C7H12N2.C7H11NS.C6H9NO/c1-5(2)8-6(3)7(4)9-10-8;1-6(2)7-8-4-5-9(7)3;1-6(2)7-4-5-8-9(7)3;1-5(2)7-4-6(3)8-9-7;1-5(2)6-3-4-8-7-6/h5H,1-4H3;2*4-6H,1-3H3;4-5H,1-3H3;3-5H,1-2H3. The summed E-state index contributed by atoms with van der Waals surface area (Å²) in [5.74, 6) is 4.83. The summed E-state index contributed by atoms with van der Waals surface area (Å²) in [4.78, 5) is 5.56.